The van der Waals surface area contributed by atoms with Crippen molar-refractivity contribution in [3.8, 4) is 0 Å². The lowest BCUT2D eigenvalue weighted by Crippen LogP contribution is -2.64. The fourth-order valence-corrected chi connectivity index (χ4v) is 10.6. The SMILES string of the molecule is CCCCCCCCCCCCCCCCCCCC/C=C/C(O)C(COP(=O)(O)OC1C(O)C(O)C(O)C(O)C1O)NC(=O)CC(O)CCCCCCCCCCCCCCCCCCCCCC. The van der Waals surface area contributed by atoms with Crippen LogP contribution in [0.4, 0.5) is 0 Å². The summed E-state index contributed by atoms with van der Waals surface area (Å²) in [5, 5.41) is 74.9. The quantitative estimate of drug-likeness (QED) is 0.0158. The molecule has 0 saturated heterocycles. The zero-order valence-corrected chi connectivity index (χ0v) is 45.6. The normalized spacial score (nSPS) is 21.8. The summed E-state index contributed by atoms with van der Waals surface area (Å²) in [6.07, 6.45) is 38.6. The second-order valence-corrected chi connectivity index (χ2v) is 22.4. The lowest BCUT2D eigenvalue weighted by molar-refractivity contribution is -0.220. The van der Waals surface area contributed by atoms with Gasteiger partial charge in [-0.1, -0.05) is 264 Å². The summed E-state index contributed by atoms with van der Waals surface area (Å²) in [6.45, 7) is 3.80. The summed E-state index contributed by atoms with van der Waals surface area (Å²) >= 11 is 0. The molecule has 8 unspecified atom stereocenters. The van der Waals surface area contributed by atoms with Crippen molar-refractivity contribution >= 4 is 13.7 Å². The lowest BCUT2D eigenvalue weighted by Gasteiger charge is -2.41. The van der Waals surface area contributed by atoms with E-state index >= 15 is 0 Å². The predicted octanol–water partition coefficient (Wildman–Crippen LogP) is 12.1. The Kier molecular flexibility index (Phi) is 43.5. The molecule has 0 bridgehead atoms. The van der Waals surface area contributed by atoms with Crippen LogP contribution in [0.25, 0.3) is 0 Å². The zero-order valence-electron chi connectivity index (χ0n) is 44.7. The number of aliphatic hydroxyl groups excluding tert-OH is 7. The third-order valence-corrected chi connectivity index (χ3v) is 15.4. The van der Waals surface area contributed by atoms with Crippen molar-refractivity contribution in [2.75, 3.05) is 6.61 Å². The van der Waals surface area contributed by atoms with Crippen molar-refractivity contribution in [2.45, 2.75) is 332 Å². The van der Waals surface area contributed by atoms with E-state index in [1.807, 2.05) is 0 Å². The molecule has 1 amide bonds. The van der Waals surface area contributed by atoms with Gasteiger partial charge >= 0.3 is 7.82 Å². The second kappa shape index (κ2) is 45.4. The van der Waals surface area contributed by atoms with Gasteiger partial charge in [-0.25, -0.2) is 4.57 Å². The highest BCUT2D eigenvalue weighted by Crippen LogP contribution is 2.47. The first-order valence-corrected chi connectivity index (χ1v) is 30.7. The highest BCUT2D eigenvalue weighted by molar-refractivity contribution is 7.47. The summed E-state index contributed by atoms with van der Waals surface area (Å²) in [4.78, 5) is 23.6. The van der Waals surface area contributed by atoms with Crippen LogP contribution in [0.5, 0.6) is 0 Å². The van der Waals surface area contributed by atoms with Crippen molar-refractivity contribution in [3.05, 3.63) is 12.2 Å². The van der Waals surface area contributed by atoms with Gasteiger partial charge in [-0.15, -0.1) is 0 Å². The maximum absolute atomic E-state index is 13.1. The lowest BCUT2D eigenvalue weighted by atomic mass is 9.85. The standard InChI is InChI=1S/C56H110NO12P/c1-3-5-7-9-11-13-15-17-19-21-23-25-27-29-31-33-35-37-39-41-43-47(58)45-50(60)57-48(46-68-70(66,67)69-56-54(64)52(62)51(61)53(63)55(56)65)49(59)44-42-40-38-36-34-32-30-28-26-24-22-20-18-16-14-12-10-8-6-4-2/h42,44,47-49,51-56,58-59,61-65H,3-41,43,45-46H2,1-2H3,(H,57,60)(H,66,67)/b44-42+. The zero-order chi connectivity index (χ0) is 51.5. The Balaban J connectivity index is 2.40. The fourth-order valence-electron chi connectivity index (χ4n) is 9.66. The third-order valence-electron chi connectivity index (χ3n) is 14.4. The minimum absolute atomic E-state index is 0.239. The van der Waals surface area contributed by atoms with E-state index in [0.717, 1.165) is 44.9 Å². The Morgan fingerprint density at radius 1 is 0.500 bits per heavy atom. The van der Waals surface area contributed by atoms with Gasteiger partial charge in [0.1, 0.15) is 36.6 Å². The smallest absolute Gasteiger partial charge is 0.393 e. The molecular weight excluding hydrogens is 910 g/mol. The maximum Gasteiger partial charge on any atom is 0.472 e. The number of hydrogen-bond donors (Lipinski definition) is 9. The second-order valence-electron chi connectivity index (χ2n) is 21.0. The van der Waals surface area contributed by atoms with Crippen molar-refractivity contribution in [1.29, 1.82) is 0 Å². The molecule has 13 nitrogen and oxygen atoms in total. The fraction of sp³-hybridized carbons (Fsp3) is 0.946. The number of carbonyl (C=O) groups is 1. The van der Waals surface area contributed by atoms with Crippen LogP contribution in [-0.2, 0) is 18.4 Å². The number of unbranched alkanes of at least 4 members (excludes halogenated alkanes) is 37. The van der Waals surface area contributed by atoms with E-state index in [1.165, 1.54) is 205 Å². The van der Waals surface area contributed by atoms with Crippen LogP contribution >= 0.6 is 7.82 Å². The van der Waals surface area contributed by atoms with Crippen LogP contribution < -0.4 is 5.32 Å². The molecule has 70 heavy (non-hydrogen) atoms. The summed E-state index contributed by atoms with van der Waals surface area (Å²) in [7, 11) is -5.15. The Bertz CT molecular complexity index is 1250. The molecule has 0 aromatic rings. The first-order chi connectivity index (χ1) is 33.8. The topological polar surface area (TPSA) is 226 Å². The van der Waals surface area contributed by atoms with E-state index in [0.29, 0.717) is 12.8 Å². The van der Waals surface area contributed by atoms with Crippen molar-refractivity contribution in [3.63, 3.8) is 0 Å². The molecule has 1 saturated carbocycles. The molecule has 0 radical (unpaired) electrons. The monoisotopic (exact) mass is 1020 g/mol. The number of amides is 1. The summed E-state index contributed by atoms with van der Waals surface area (Å²) in [5.41, 5.74) is 0. The summed E-state index contributed by atoms with van der Waals surface area (Å²) < 4.78 is 23.0. The average molecular weight is 1020 g/mol. The molecule has 9 N–H and O–H groups in total. The Labute approximate surface area is 427 Å². The largest absolute Gasteiger partial charge is 0.472 e. The summed E-state index contributed by atoms with van der Waals surface area (Å²) in [6, 6.07) is -1.24. The molecule has 0 heterocycles. The molecule has 0 spiro atoms. The molecule has 1 fully saturated rings. The van der Waals surface area contributed by atoms with Gasteiger partial charge in [0, 0.05) is 0 Å². The van der Waals surface area contributed by atoms with E-state index in [9.17, 15) is 50.0 Å². The minimum atomic E-state index is -5.15. The molecule has 1 aliphatic rings. The van der Waals surface area contributed by atoms with Crippen LogP contribution in [0.15, 0.2) is 12.2 Å². The molecular formula is C56H110NO12P. The number of allylic oxidation sites excluding steroid dienone is 1. The van der Waals surface area contributed by atoms with Crippen LogP contribution in [0.2, 0.25) is 0 Å². The number of rotatable bonds is 50. The molecule has 1 rings (SSSR count). The minimum Gasteiger partial charge on any atom is -0.393 e. The Morgan fingerprint density at radius 3 is 1.17 bits per heavy atom. The van der Waals surface area contributed by atoms with Crippen LogP contribution in [0.3, 0.4) is 0 Å². The molecule has 1 aliphatic carbocycles. The van der Waals surface area contributed by atoms with E-state index in [1.54, 1.807) is 6.08 Å². The van der Waals surface area contributed by atoms with E-state index in [2.05, 4.69) is 19.2 Å². The molecule has 8 atom stereocenters. The van der Waals surface area contributed by atoms with Gasteiger partial charge in [-0.05, 0) is 19.3 Å². The van der Waals surface area contributed by atoms with Crippen molar-refractivity contribution in [1.82, 2.24) is 5.32 Å². The highest BCUT2D eigenvalue weighted by atomic mass is 31.2. The molecule has 0 aromatic heterocycles. The van der Waals surface area contributed by atoms with E-state index in [-0.39, 0.29) is 6.42 Å². The van der Waals surface area contributed by atoms with Crippen molar-refractivity contribution < 1.29 is 59.0 Å². The average Bonchev–Trinajstić information content (AvgIpc) is 3.34. The third kappa shape index (κ3) is 36.1. The van der Waals surface area contributed by atoms with Gasteiger partial charge < -0.3 is 46.0 Å². The molecule has 416 valence electrons. The Hall–Kier alpha value is -0.960. The molecule has 0 aliphatic heterocycles. The van der Waals surface area contributed by atoms with E-state index in [4.69, 9.17) is 9.05 Å². The number of phosphoric ester groups is 1. The molecule has 14 heteroatoms. The number of phosphoric acid groups is 1. The van der Waals surface area contributed by atoms with Crippen LogP contribution in [0, 0.1) is 0 Å². The predicted molar refractivity (Wildman–Crippen MR) is 284 cm³/mol. The van der Waals surface area contributed by atoms with Crippen molar-refractivity contribution in [2.24, 2.45) is 0 Å². The number of hydrogen-bond acceptors (Lipinski definition) is 11. The van der Waals surface area contributed by atoms with Gasteiger partial charge in [0.15, 0.2) is 0 Å². The van der Waals surface area contributed by atoms with Gasteiger partial charge in [-0.2, -0.15) is 0 Å². The maximum atomic E-state index is 13.1. The van der Waals surface area contributed by atoms with Gasteiger partial charge in [0.25, 0.3) is 0 Å². The van der Waals surface area contributed by atoms with Crippen LogP contribution in [-0.4, -0.2) is 108 Å². The summed E-state index contributed by atoms with van der Waals surface area (Å²) in [5.74, 6) is -0.586. The first kappa shape index (κ1) is 67.1. The van der Waals surface area contributed by atoms with Crippen LogP contribution in [0.1, 0.15) is 277 Å². The van der Waals surface area contributed by atoms with Gasteiger partial charge in [0.2, 0.25) is 5.91 Å². The first-order valence-electron chi connectivity index (χ1n) is 29.2. The van der Waals surface area contributed by atoms with Gasteiger partial charge in [-0.3, -0.25) is 13.8 Å². The number of carbonyl (C=O) groups excluding carboxylic acids is 1. The number of nitrogens with one attached hydrogen (secondary N) is 1. The van der Waals surface area contributed by atoms with Gasteiger partial charge in [0.05, 0.1) is 31.3 Å². The highest BCUT2D eigenvalue weighted by Gasteiger charge is 2.51. The molecule has 0 aromatic carbocycles. The van der Waals surface area contributed by atoms with E-state index < -0.39 is 75.2 Å². The Morgan fingerprint density at radius 2 is 0.814 bits per heavy atom. The number of aliphatic hydroxyl groups is 7.